The van der Waals surface area contributed by atoms with Crippen LogP contribution < -0.4 is 5.32 Å². The Morgan fingerprint density at radius 2 is 2.14 bits per heavy atom. The highest BCUT2D eigenvalue weighted by Gasteiger charge is 2.13. The van der Waals surface area contributed by atoms with E-state index in [2.05, 4.69) is 41.4 Å². The van der Waals surface area contributed by atoms with E-state index in [1.807, 2.05) is 4.68 Å². The maximum atomic E-state index is 12.1. The van der Waals surface area contributed by atoms with Crippen LogP contribution in [0.5, 0.6) is 0 Å². The third-order valence-corrected chi connectivity index (χ3v) is 3.30. The molecule has 6 nitrogen and oxygen atoms in total. The average molecular weight is 287 g/mol. The van der Waals surface area contributed by atoms with Crippen LogP contribution in [0.3, 0.4) is 0 Å². The fraction of sp³-hybridized carbons (Fsp3) is 0.467. The highest BCUT2D eigenvalue weighted by atomic mass is 16.1. The van der Waals surface area contributed by atoms with Crippen molar-refractivity contribution in [3.05, 3.63) is 35.9 Å². The van der Waals surface area contributed by atoms with E-state index in [9.17, 15) is 4.79 Å². The Hall–Kier alpha value is -2.24. The van der Waals surface area contributed by atoms with Gasteiger partial charge in [-0.05, 0) is 24.8 Å². The lowest BCUT2D eigenvalue weighted by Gasteiger charge is -2.10. The standard InChI is InChI=1S/C15H21N5O/c1-4-14-13(10-18-20(14)8-6-11(2)3)19-15(21)12-5-7-16-17-9-12/h5,7,9-11H,4,6,8H2,1-3H3,(H,19,21). The zero-order chi connectivity index (χ0) is 15.2. The van der Waals surface area contributed by atoms with Gasteiger partial charge < -0.3 is 5.32 Å². The number of nitrogens with zero attached hydrogens (tertiary/aromatic N) is 4. The molecule has 6 heteroatoms. The summed E-state index contributed by atoms with van der Waals surface area (Å²) in [5.41, 5.74) is 2.30. The molecule has 0 saturated heterocycles. The minimum Gasteiger partial charge on any atom is -0.319 e. The van der Waals surface area contributed by atoms with Crippen molar-refractivity contribution in [2.45, 2.75) is 40.2 Å². The molecule has 0 aliphatic carbocycles. The van der Waals surface area contributed by atoms with Crippen LogP contribution in [-0.2, 0) is 13.0 Å². The van der Waals surface area contributed by atoms with E-state index in [1.54, 1.807) is 12.3 Å². The van der Waals surface area contributed by atoms with Gasteiger partial charge in [0.15, 0.2) is 0 Å². The number of anilines is 1. The van der Waals surface area contributed by atoms with Crippen LogP contribution >= 0.6 is 0 Å². The van der Waals surface area contributed by atoms with Crippen molar-refractivity contribution in [3.63, 3.8) is 0 Å². The topological polar surface area (TPSA) is 72.7 Å². The van der Waals surface area contributed by atoms with Gasteiger partial charge >= 0.3 is 0 Å². The predicted octanol–water partition coefficient (Wildman–Crippen LogP) is 2.53. The first-order valence-corrected chi connectivity index (χ1v) is 7.24. The van der Waals surface area contributed by atoms with Crippen LogP contribution in [0, 0.1) is 5.92 Å². The van der Waals surface area contributed by atoms with Gasteiger partial charge in [-0.2, -0.15) is 15.3 Å². The molecule has 2 aromatic heterocycles. The summed E-state index contributed by atoms with van der Waals surface area (Å²) in [5.74, 6) is 0.433. The van der Waals surface area contributed by atoms with E-state index in [-0.39, 0.29) is 5.91 Å². The Labute approximate surface area is 124 Å². The number of carbonyl (C=O) groups excluding carboxylic acids is 1. The van der Waals surface area contributed by atoms with Gasteiger partial charge in [0.2, 0.25) is 0 Å². The molecule has 0 radical (unpaired) electrons. The fourth-order valence-electron chi connectivity index (χ4n) is 2.08. The third kappa shape index (κ3) is 3.87. The molecule has 1 N–H and O–H groups in total. The monoisotopic (exact) mass is 287 g/mol. The summed E-state index contributed by atoms with van der Waals surface area (Å²) >= 11 is 0. The van der Waals surface area contributed by atoms with Gasteiger partial charge in [0.05, 0.1) is 35.5 Å². The van der Waals surface area contributed by atoms with Crippen molar-refractivity contribution < 1.29 is 4.79 Å². The zero-order valence-corrected chi connectivity index (χ0v) is 12.7. The minimum absolute atomic E-state index is 0.192. The molecule has 0 unspecified atom stereocenters. The van der Waals surface area contributed by atoms with E-state index < -0.39 is 0 Å². The maximum Gasteiger partial charge on any atom is 0.257 e. The smallest absolute Gasteiger partial charge is 0.257 e. The SMILES string of the molecule is CCc1c(NC(=O)c2ccnnc2)cnn1CCC(C)C. The number of hydrogen-bond donors (Lipinski definition) is 1. The normalized spacial score (nSPS) is 10.9. The van der Waals surface area contributed by atoms with Crippen molar-refractivity contribution in [1.29, 1.82) is 0 Å². The van der Waals surface area contributed by atoms with Crippen LogP contribution in [0.15, 0.2) is 24.7 Å². The molecule has 2 aromatic rings. The summed E-state index contributed by atoms with van der Waals surface area (Å²) in [6.45, 7) is 7.31. The predicted molar refractivity (Wildman–Crippen MR) is 81.0 cm³/mol. The minimum atomic E-state index is -0.192. The molecule has 2 heterocycles. The lowest BCUT2D eigenvalue weighted by atomic mass is 10.1. The van der Waals surface area contributed by atoms with Crippen molar-refractivity contribution in [1.82, 2.24) is 20.0 Å². The summed E-state index contributed by atoms with van der Waals surface area (Å²) in [6.07, 6.45) is 6.55. The highest BCUT2D eigenvalue weighted by molar-refractivity contribution is 6.04. The molecular weight excluding hydrogens is 266 g/mol. The Bertz CT molecular complexity index is 591. The van der Waals surface area contributed by atoms with Crippen LogP contribution in [0.1, 0.15) is 43.2 Å². The van der Waals surface area contributed by atoms with Crippen LogP contribution in [0.2, 0.25) is 0 Å². The first-order chi connectivity index (χ1) is 10.1. The molecule has 0 atom stereocenters. The van der Waals surface area contributed by atoms with Gasteiger partial charge in [-0.15, -0.1) is 0 Å². The molecule has 2 rings (SSSR count). The van der Waals surface area contributed by atoms with Gasteiger partial charge in [0, 0.05) is 6.54 Å². The summed E-state index contributed by atoms with van der Waals surface area (Å²) in [4.78, 5) is 12.1. The molecule has 0 bridgehead atoms. The van der Waals surface area contributed by atoms with Gasteiger partial charge in [-0.3, -0.25) is 9.48 Å². The average Bonchev–Trinajstić information content (AvgIpc) is 2.87. The summed E-state index contributed by atoms with van der Waals surface area (Å²) in [7, 11) is 0. The van der Waals surface area contributed by atoms with Crippen molar-refractivity contribution >= 4 is 11.6 Å². The quantitative estimate of drug-likeness (QED) is 0.886. The Kier molecular flexibility index (Phi) is 5.03. The number of amides is 1. The number of rotatable bonds is 6. The Balaban J connectivity index is 2.11. The first kappa shape index (κ1) is 15.2. The summed E-state index contributed by atoms with van der Waals surface area (Å²) in [6, 6.07) is 1.64. The molecular formula is C15H21N5O. The largest absolute Gasteiger partial charge is 0.319 e. The second-order valence-electron chi connectivity index (χ2n) is 5.35. The fourth-order valence-corrected chi connectivity index (χ4v) is 2.08. The van der Waals surface area contributed by atoms with Gasteiger partial charge in [0.1, 0.15) is 0 Å². The lowest BCUT2D eigenvalue weighted by molar-refractivity contribution is 0.102. The van der Waals surface area contributed by atoms with Gasteiger partial charge in [-0.1, -0.05) is 20.8 Å². The lowest BCUT2D eigenvalue weighted by Crippen LogP contribution is -2.14. The molecule has 0 fully saturated rings. The molecule has 0 spiro atoms. The number of carbonyl (C=O) groups is 1. The van der Waals surface area contributed by atoms with E-state index >= 15 is 0 Å². The summed E-state index contributed by atoms with van der Waals surface area (Å²) in [5, 5.41) is 14.7. The zero-order valence-electron chi connectivity index (χ0n) is 12.7. The number of aryl methyl sites for hydroxylation is 1. The van der Waals surface area contributed by atoms with Crippen LogP contribution in [0.25, 0.3) is 0 Å². The van der Waals surface area contributed by atoms with Gasteiger partial charge in [-0.25, -0.2) is 0 Å². The van der Waals surface area contributed by atoms with Crippen molar-refractivity contribution in [2.24, 2.45) is 5.92 Å². The Morgan fingerprint density at radius 3 is 2.76 bits per heavy atom. The van der Waals surface area contributed by atoms with E-state index in [0.717, 1.165) is 30.8 Å². The second kappa shape index (κ2) is 6.97. The highest BCUT2D eigenvalue weighted by Crippen LogP contribution is 2.18. The molecule has 0 saturated carbocycles. The van der Waals surface area contributed by atoms with Crippen molar-refractivity contribution in [2.75, 3.05) is 5.32 Å². The molecule has 112 valence electrons. The number of hydrogen-bond acceptors (Lipinski definition) is 4. The van der Waals surface area contributed by atoms with Crippen LogP contribution in [0.4, 0.5) is 5.69 Å². The van der Waals surface area contributed by atoms with Gasteiger partial charge in [0.25, 0.3) is 5.91 Å². The molecule has 0 aliphatic heterocycles. The maximum absolute atomic E-state index is 12.1. The van der Waals surface area contributed by atoms with E-state index in [1.165, 1.54) is 12.4 Å². The van der Waals surface area contributed by atoms with Crippen LogP contribution in [-0.4, -0.2) is 25.9 Å². The summed E-state index contributed by atoms with van der Waals surface area (Å²) < 4.78 is 1.97. The molecule has 0 aromatic carbocycles. The molecule has 1 amide bonds. The Morgan fingerprint density at radius 1 is 1.33 bits per heavy atom. The van der Waals surface area contributed by atoms with E-state index in [4.69, 9.17) is 0 Å². The van der Waals surface area contributed by atoms with Crippen molar-refractivity contribution in [3.8, 4) is 0 Å². The second-order valence-corrected chi connectivity index (χ2v) is 5.35. The van der Waals surface area contributed by atoms with E-state index in [0.29, 0.717) is 11.5 Å². The molecule has 0 aliphatic rings. The molecule has 21 heavy (non-hydrogen) atoms. The number of nitrogens with one attached hydrogen (secondary N) is 1. The third-order valence-electron chi connectivity index (χ3n) is 3.30. The number of aromatic nitrogens is 4. The first-order valence-electron chi connectivity index (χ1n) is 7.24.